The molecule has 0 aromatic carbocycles. The number of likely N-dealkylation sites (tertiary alicyclic amines) is 1. The summed E-state index contributed by atoms with van der Waals surface area (Å²) in [4.78, 5) is 14.3. The van der Waals surface area contributed by atoms with Crippen molar-refractivity contribution in [1.29, 1.82) is 0 Å². The molecule has 1 saturated heterocycles. The predicted octanol–water partition coefficient (Wildman–Crippen LogP) is 1.15. The van der Waals surface area contributed by atoms with Crippen LogP contribution in [-0.2, 0) is 18.3 Å². The molecule has 5 nitrogen and oxygen atoms in total. The summed E-state index contributed by atoms with van der Waals surface area (Å²) in [6, 6.07) is 0.426. The van der Waals surface area contributed by atoms with Gasteiger partial charge in [0.25, 0.3) is 0 Å². The van der Waals surface area contributed by atoms with Crippen LogP contribution in [0.2, 0.25) is 0 Å². The van der Waals surface area contributed by atoms with Crippen molar-refractivity contribution in [1.82, 2.24) is 19.7 Å². The number of aryl methyl sites for hydroxylation is 2. The second-order valence-corrected chi connectivity index (χ2v) is 5.50. The van der Waals surface area contributed by atoms with Gasteiger partial charge in [-0.1, -0.05) is 0 Å². The number of aromatic nitrogens is 3. The van der Waals surface area contributed by atoms with Crippen molar-refractivity contribution in [2.75, 3.05) is 6.54 Å². The van der Waals surface area contributed by atoms with Crippen LogP contribution in [0.3, 0.4) is 0 Å². The van der Waals surface area contributed by atoms with E-state index in [1.165, 1.54) is 0 Å². The Bertz CT molecular complexity index is 438. The zero-order chi connectivity index (χ0) is 12.5. The van der Waals surface area contributed by atoms with Crippen molar-refractivity contribution in [2.45, 2.75) is 44.6 Å². The van der Waals surface area contributed by atoms with E-state index in [0.717, 1.165) is 50.9 Å². The van der Waals surface area contributed by atoms with Gasteiger partial charge in [-0.05, 0) is 32.1 Å². The van der Waals surface area contributed by atoms with Crippen LogP contribution in [0.5, 0.6) is 0 Å². The second kappa shape index (κ2) is 4.71. The topological polar surface area (TPSA) is 51.0 Å². The third-order valence-corrected chi connectivity index (χ3v) is 4.09. The number of amides is 1. The van der Waals surface area contributed by atoms with Crippen molar-refractivity contribution in [2.24, 2.45) is 13.0 Å². The van der Waals surface area contributed by atoms with Gasteiger partial charge in [-0.3, -0.25) is 4.79 Å². The minimum Gasteiger partial charge on any atom is -0.339 e. The lowest BCUT2D eigenvalue weighted by atomic mass is 10.1. The molecule has 1 aliphatic heterocycles. The van der Waals surface area contributed by atoms with E-state index in [2.05, 4.69) is 15.1 Å². The van der Waals surface area contributed by atoms with Crippen LogP contribution >= 0.6 is 0 Å². The van der Waals surface area contributed by atoms with Crippen LogP contribution in [0.15, 0.2) is 6.33 Å². The Hall–Kier alpha value is -1.39. The first-order valence-corrected chi connectivity index (χ1v) is 6.89. The van der Waals surface area contributed by atoms with Crippen LogP contribution in [0.1, 0.15) is 37.9 Å². The summed E-state index contributed by atoms with van der Waals surface area (Å²) < 4.78 is 1.96. The molecule has 1 atom stereocenters. The Morgan fingerprint density at radius 3 is 2.94 bits per heavy atom. The molecule has 1 unspecified atom stereocenters. The number of carbonyl (C=O) groups excluding carboxylic acids is 1. The molecule has 0 bridgehead atoms. The molecule has 5 heteroatoms. The minimum absolute atomic E-state index is 0.348. The third kappa shape index (κ3) is 2.26. The average Bonchev–Trinajstić information content (AvgIpc) is 2.98. The Balaban J connectivity index is 1.58. The normalized spacial score (nSPS) is 23.6. The maximum absolute atomic E-state index is 12.1. The van der Waals surface area contributed by atoms with Crippen LogP contribution in [0.4, 0.5) is 0 Å². The highest BCUT2D eigenvalue weighted by Gasteiger charge is 2.38. The fourth-order valence-corrected chi connectivity index (χ4v) is 2.82. The number of nitrogens with zero attached hydrogens (tertiary/aromatic N) is 4. The van der Waals surface area contributed by atoms with Gasteiger partial charge in [-0.15, -0.1) is 10.2 Å². The summed E-state index contributed by atoms with van der Waals surface area (Å²) in [5, 5.41) is 8.00. The molecule has 1 saturated carbocycles. The first-order valence-electron chi connectivity index (χ1n) is 6.89. The highest BCUT2D eigenvalue weighted by molar-refractivity contribution is 5.81. The minimum atomic E-state index is 0.348. The molecule has 1 aromatic heterocycles. The molecule has 98 valence electrons. The van der Waals surface area contributed by atoms with E-state index in [1.54, 1.807) is 6.33 Å². The average molecular weight is 248 g/mol. The maximum Gasteiger partial charge on any atom is 0.225 e. The zero-order valence-corrected chi connectivity index (χ0v) is 10.9. The fourth-order valence-electron chi connectivity index (χ4n) is 2.82. The fraction of sp³-hybridized carbons (Fsp3) is 0.769. The molecule has 3 rings (SSSR count). The van der Waals surface area contributed by atoms with Crippen LogP contribution in [0.25, 0.3) is 0 Å². The summed E-state index contributed by atoms with van der Waals surface area (Å²) in [6.07, 6.45) is 8.17. The predicted molar refractivity (Wildman–Crippen MR) is 66.8 cm³/mol. The molecular weight excluding hydrogens is 228 g/mol. The third-order valence-electron chi connectivity index (χ3n) is 4.09. The lowest BCUT2D eigenvalue weighted by Crippen LogP contribution is -2.36. The van der Waals surface area contributed by atoms with E-state index in [0.29, 0.717) is 17.9 Å². The molecule has 2 heterocycles. The van der Waals surface area contributed by atoms with Gasteiger partial charge in [0.2, 0.25) is 5.91 Å². The Labute approximate surface area is 107 Å². The van der Waals surface area contributed by atoms with Gasteiger partial charge < -0.3 is 9.47 Å². The van der Waals surface area contributed by atoms with E-state index < -0.39 is 0 Å². The molecular formula is C13H20N4O. The number of hydrogen-bond acceptors (Lipinski definition) is 3. The van der Waals surface area contributed by atoms with Gasteiger partial charge in [0.1, 0.15) is 12.2 Å². The molecule has 1 aromatic rings. The van der Waals surface area contributed by atoms with Gasteiger partial charge in [-0.2, -0.15) is 0 Å². The van der Waals surface area contributed by atoms with Gasteiger partial charge in [0.15, 0.2) is 0 Å². The van der Waals surface area contributed by atoms with Crippen molar-refractivity contribution < 1.29 is 4.79 Å². The van der Waals surface area contributed by atoms with Crippen LogP contribution in [-0.4, -0.2) is 38.2 Å². The standard InChI is InChI=1S/C13H20N4O/c1-16-9-14-15-12(16)7-6-11-3-2-8-17(11)13(18)10-4-5-10/h9-11H,2-8H2,1H3. The Kier molecular flexibility index (Phi) is 3.06. The largest absolute Gasteiger partial charge is 0.339 e. The van der Waals surface area contributed by atoms with Crippen molar-refractivity contribution in [3.8, 4) is 0 Å². The first kappa shape index (κ1) is 11.7. The molecule has 0 N–H and O–H groups in total. The summed E-state index contributed by atoms with van der Waals surface area (Å²) in [5.41, 5.74) is 0. The first-order chi connectivity index (χ1) is 8.75. The number of carbonyl (C=O) groups is 1. The summed E-state index contributed by atoms with van der Waals surface area (Å²) in [7, 11) is 1.97. The molecule has 0 spiro atoms. The Morgan fingerprint density at radius 1 is 1.44 bits per heavy atom. The van der Waals surface area contributed by atoms with Gasteiger partial charge in [0, 0.05) is 32.0 Å². The van der Waals surface area contributed by atoms with Crippen molar-refractivity contribution in [3.63, 3.8) is 0 Å². The van der Waals surface area contributed by atoms with Gasteiger partial charge >= 0.3 is 0 Å². The quantitative estimate of drug-likeness (QED) is 0.803. The molecule has 18 heavy (non-hydrogen) atoms. The second-order valence-electron chi connectivity index (χ2n) is 5.50. The molecule has 1 aliphatic carbocycles. The SMILES string of the molecule is Cn1cnnc1CCC1CCCN1C(=O)C1CC1. The number of hydrogen-bond donors (Lipinski definition) is 0. The lowest BCUT2D eigenvalue weighted by molar-refractivity contribution is -0.133. The van der Waals surface area contributed by atoms with Crippen molar-refractivity contribution in [3.05, 3.63) is 12.2 Å². The monoisotopic (exact) mass is 248 g/mol. The summed E-state index contributed by atoms with van der Waals surface area (Å²) >= 11 is 0. The van der Waals surface area contributed by atoms with Crippen LogP contribution in [0, 0.1) is 5.92 Å². The molecule has 1 amide bonds. The van der Waals surface area contributed by atoms with Gasteiger partial charge in [0.05, 0.1) is 0 Å². The lowest BCUT2D eigenvalue weighted by Gasteiger charge is -2.24. The van der Waals surface area contributed by atoms with E-state index in [-0.39, 0.29) is 0 Å². The van der Waals surface area contributed by atoms with Crippen molar-refractivity contribution >= 4 is 5.91 Å². The molecule has 0 radical (unpaired) electrons. The molecule has 2 aliphatic rings. The van der Waals surface area contributed by atoms with E-state index in [4.69, 9.17) is 0 Å². The van der Waals surface area contributed by atoms with Crippen LogP contribution < -0.4 is 0 Å². The zero-order valence-electron chi connectivity index (χ0n) is 10.9. The highest BCUT2D eigenvalue weighted by Crippen LogP contribution is 2.34. The highest BCUT2D eigenvalue weighted by atomic mass is 16.2. The van der Waals surface area contributed by atoms with E-state index >= 15 is 0 Å². The maximum atomic E-state index is 12.1. The summed E-state index contributed by atoms with van der Waals surface area (Å²) in [6.45, 7) is 0.957. The smallest absolute Gasteiger partial charge is 0.225 e. The van der Waals surface area contributed by atoms with E-state index in [9.17, 15) is 4.79 Å². The summed E-state index contributed by atoms with van der Waals surface area (Å²) in [5.74, 6) is 1.76. The number of rotatable bonds is 4. The molecule has 2 fully saturated rings. The van der Waals surface area contributed by atoms with E-state index in [1.807, 2.05) is 11.6 Å². The Morgan fingerprint density at radius 2 is 2.28 bits per heavy atom. The van der Waals surface area contributed by atoms with Gasteiger partial charge in [-0.25, -0.2) is 0 Å².